The maximum atomic E-state index is 11.9. The van der Waals surface area contributed by atoms with Crippen molar-refractivity contribution in [2.75, 3.05) is 14.2 Å². The first-order valence-corrected chi connectivity index (χ1v) is 13.8. The van der Waals surface area contributed by atoms with Gasteiger partial charge in [0.05, 0.1) is 6.26 Å². The first-order chi connectivity index (χ1) is 20.7. The fourth-order valence-corrected chi connectivity index (χ4v) is 6.26. The van der Waals surface area contributed by atoms with Crippen molar-refractivity contribution in [3.05, 3.63) is 162 Å². The summed E-state index contributed by atoms with van der Waals surface area (Å²) in [4.78, 5) is 11.9. The Balaban J connectivity index is 1.65. The molecule has 6 rings (SSSR count). The predicted molar refractivity (Wildman–Crippen MR) is 161 cm³/mol. The zero-order chi connectivity index (χ0) is 29.0. The molecule has 1 aliphatic rings. The molecule has 0 spiro atoms. The van der Waals surface area contributed by atoms with Crippen molar-refractivity contribution in [3.8, 4) is 0 Å². The van der Waals surface area contributed by atoms with Gasteiger partial charge >= 0.3 is 7.12 Å². The van der Waals surface area contributed by atoms with Gasteiger partial charge in [0.15, 0.2) is 12.0 Å². The van der Waals surface area contributed by atoms with Crippen LogP contribution < -0.4 is 5.46 Å². The van der Waals surface area contributed by atoms with Gasteiger partial charge in [-0.2, -0.15) is 0 Å². The highest BCUT2D eigenvalue weighted by molar-refractivity contribution is 6.63. The Kier molecular flexibility index (Phi) is 7.91. The molecule has 0 radical (unpaired) electrons. The number of carbonyl (C=O) groups excluding carboxylic acids is 1. The van der Waals surface area contributed by atoms with E-state index in [4.69, 9.17) is 23.2 Å². The van der Waals surface area contributed by atoms with E-state index in [2.05, 4.69) is 0 Å². The summed E-state index contributed by atoms with van der Waals surface area (Å²) in [6.45, 7) is 0. The van der Waals surface area contributed by atoms with Gasteiger partial charge in [0, 0.05) is 19.7 Å². The van der Waals surface area contributed by atoms with E-state index in [1.165, 1.54) is 6.26 Å². The third-order valence-corrected chi connectivity index (χ3v) is 8.16. The van der Waals surface area contributed by atoms with E-state index in [0.717, 1.165) is 22.3 Å². The first-order valence-electron chi connectivity index (χ1n) is 13.8. The highest BCUT2D eigenvalue weighted by atomic mass is 16.7. The number of rotatable bonds is 10. The molecule has 0 saturated carbocycles. The summed E-state index contributed by atoms with van der Waals surface area (Å²) >= 11 is 0. The lowest BCUT2D eigenvalue weighted by Gasteiger charge is -2.46. The summed E-state index contributed by atoms with van der Waals surface area (Å²) in [5.41, 5.74) is 1.74. The van der Waals surface area contributed by atoms with E-state index in [1.807, 2.05) is 121 Å². The molecule has 2 atom stereocenters. The number of carbonyl (C=O) groups is 1. The maximum absolute atomic E-state index is 11.9. The van der Waals surface area contributed by atoms with Gasteiger partial charge < -0.3 is 23.2 Å². The molecule has 1 saturated heterocycles. The Bertz CT molecular complexity index is 1410. The fourth-order valence-electron chi connectivity index (χ4n) is 6.26. The molecule has 42 heavy (non-hydrogen) atoms. The van der Waals surface area contributed by atoms with Crippen LogP contribution in [0.1, 0.15) is 32.8 Å². The molecular formula is C35H31BO6. The maximum Gasteiger partial charge on any atom is 0.498 e. The van der Waals surface area contributed by atoms with E-state index >= 15 is 0 Å². The van der Waals surface area contributed by atoms with Crippen molar-refractivity contribution in [2.45, 2.75) is 23.4 Å². The summed E-state index contributed by atoms with van der Waals surface area (Å²) in [6, 6.07) is 41.6. The van der Waals surface area contributed by atoms with Crippen LogP contribution in [0, 0.1) is 0 Å². The van der Waals surface area contributed by atoms with E-state index in [9.17, 15) is 4.79 Å². The highest BCUT2D eigenvalue weighted by Gasteiger charge is 2.62. The van der Waals surface area contributed by atoms with Crippen LogP contribution in [0.25, 0.3) is 0 Å². The number of methoxy groups -OCH3 is 2. The zero-order valence-electron chi connectivity index (χ0n) is 23.5. The van der Waals surface area contributed by atoms with Gasteiger partial charge in [0.1, 0.15) is 23.4 Å². The molecule has 210 valence electrons. The quantitative estimate of drug-likeness (QED) is 0.161. The molecule has 6 nitrogen and oxygen atoms in total. The Morgan fingerprint density at radius 2 is 0.952 bits per heavy atom. The second-order valence-electron chi connectivity index (χ2n) is 10.1. The predicted octanol–water partition coefficient (Wildman–Crippen LogP) is 5.75. The monoisotopic (exact) mass is 558 g/mol. The molecule has 0 N–H and O–H groups in total. The van der Waals surface area contributed by atoms with E-state index in [-0.39, 0.29) is 5.76 Å². The van der Waals surface area contributed by atoms with Crippen molar-refractivity contribution in [1.82, 2.24) is 0 Å². The van der Waals surface area contributed by atoms with Gasteiger partial charge in [-0.05, 0) is 28.3 Å². The molecular weight excluding hydrogens is 527 g/mol. The van der Waals surface area contributed by atoms with Crippen molar-refractivity contribution in [3.63, 3.8) is 0 Å². The van der Waals surface area contributed by atoms with Crippen LogP contribution in [0.15, 0.2) is 138 Å². The smallest absolute Gasteiger partial charge is 0.462 e. The van der Waals surface area contributed by atoms with Gasteiger partial charge in [0.2, 0.25) is 0 Å². The fraction of sp³-hybridized carbons (Fsp3) is 0.171. The average Bonchev–Trinajstić information content (AvgIpc) is 3.73. The number of hydrogen-bond acceptors (Lipinski definition) is 6. The number of benzene rings is 4. The normalized spacial score (nSPS) is 17.3. The summed E-state index contributed by atoms with van der Waals surface area (Å²) in [6.07, 6.45) is 0.587. The van der Waals surface area contributed by atoms with E-state index in [0.29, 0.717) is 11.7 Å². The third-order valence-electron chi connectivity index (χ3n) is 8.16. The highest BCUT2D eigenvalue weighted by Crippen LogP contribution is 2.50. The molecule has 7 heteroatoms. The molecule has 5 aromatic rings. The minimum absolute atomic E-state index is 0.143. The summed E-state index contributed by atoms with van der Waals surface area (Å²) in [7, 11) is 2.42. The largest absolute Gasteiger partial charge is 0.498 e. The molecule has 4 aromatic carbocycles. The lowest BCUT2D eigenvalue weighted by atomic mass is 9.71. The van der Waals surface area contributed by atoms with Crippen molar-refractivity contribution >= 4 is 18.9 Å². The second-order valence-corrected chi connectivity index (χ2v) is 10.1. The van der Waals surface area contributed by atoms with Crippen LogP contribution in [-0.2, 0) is 30.0 Å². The topological polar surface area (TPSA) is 67.1 Å². The lowest BCUT2D eigenvalue weighted by molar-refractivity contribution is -0.136. The number of ether oxygens (including phenoxy) is 2. The Hall–Kier alpha value is -4.27. The summed E-state index contributed by atoms with van der Waals surface area (Å²) in [5, 5.41) is 0. The second kappa shape index (κ2) is 11.9. The van der Waals surface area contributed by atoms with Gasteiger partial charge in [0.25, 0.3) is 0 Å². The molecule has 0 amide bonds. The van der Waals surface area contributed by atoms with Gasteiger partial charge in [-0.25, -0.2) is 0 Å². The van der Waals surface area contributed by atoms with Crippen LogP contribution in [0.5, 0.6) is 0 Å². The Morgan fingerprint density at radius 3 is 1.26 bits per heavy atom. The van der Waals surface area contributed by atoms with Gasteiger partial charge in [-0.3, -0.25) is 4.79 Å². The van der Waals surface area contributed by atoms with Crippen molar-refractivity contribution < 1.29 is 28.0 Å². The van der Waals surface area contributed by atoms with Crippen LogP contribution >= 0.6 is 0 Å². The Labute approximate surface area is 246 Å². The van der Waals surface area contributed by atoms with E-state index in [1.54, 1.807) is 20.3 Å². The third kappa shape index (κ3) is 4.51. The van der Waals surface area contributed by atoms with Crippen LogP contribution in [0.3, 0.4) is 0 Å². The number of hydrogen-bond donors (Lipinski definition) is 0. The molecule has 0 bridgehead atoms. The minimum Gasteiger partial charge on any atom is -0.462 e. The lowest BCUT2D eigenvalue weighted by Crippen LogP contribution is -2.56. The standard InChI is InChI=1S/C35H31BO6/c1-38-34(26-15-7-3-8-16-26,27-17-9-4-10-18-27)32-33(42-36(41-32)30-23-24-40-31(30)25-37)35(39-2,28-19-11-5-12-20-28)29-21-13-6-14-22-29/h3-25,32-33H,1-2H3/t32-,33-/m1/s1. The van der Waals surface area contributed by atoms with Crippen molar-refractivity contribution in [1.29, 1.82) is 0 Å². The van der Waals surface area contributed by atoms with Crippen LogP contribution in [0.4, 0.5) is 0 Å². The summed E-state index contributed by atoms with van der Waals surface area (Å²) in [5.74, 6) is 0.143. The molecule has 1 aromatic heterocycles. The van der Waals surface area contributed by atoms with Crippen LogP contribution in [-0.4, -0.2) is 39.8 Å². The molecule has 0 aliphatic carbocycles. The number of aldehydes is 1. The average molecular weight is 558 g/mol. The van der Waals surface area contributed by atoms with Gasteiger partial charge in [-0.1, -0.05) is 121 Å². The zero-order valence-corrected chi connectivity index (χ0v) is 23.5. The van der Waals surface area contributed by atoms with Crippen LogP contribution in [0.2, 0.25) is 0 Å². The Morgan fingerprint density at radius 1 is 0.595 bits per heavy atom. The molecule has 1 fully saturated rings. The number of furan rings is 1. The first kappa shape index (κ1) is 27.9. The van der Waals surface area contributed by atoms with E-state index < -0.39 is 30.5 Å². The van der Waals surface area contributed by atoms with Crippen molar-refractivity contribution in [2.24, 2.45) is 0 Å². The molecule has 2 heterocycles. The van der Waals surface area contributed by atoms with Gasteiger partial charge in [-0.15, -0.1) is 0 Å². The molecule has 1 aliphatic heterocycles. The molecule has 0 unspecified atom stereocenters. The minimum atomic E-state index is -1.14. The summed E-state index contributed by atoms with van der Waals surface area (Å²) < 4.78 is 32.5. The SMILES string of the molecule is COC(c1ccccc1)(c1ccccc1)[C@@H]1OB(c2ccoc2C=O)O[C@H]1C(OC)(c1ccccc1)c1ccccc1.